The lowest BCUT2D eigenvalue weighted by Gasteiger charge is -2.15. The van der Waals surface area contributed by atoms with Crippen molar-refractivity contribution >= 4 is 45.9 Å². The number of urea groups is 1. The topological polar surface area (TPSA) is 92.4 Å². The van der Waals surface area contributed by atoms with Gasteiger partial charge in [-0.3, -0.25) is 10.1 Å². The first-order chi connectivity index (χ1) is 14.9. The van der Waals surface area contributed by atoms with E-state index in [1.54, 1.807) is 48.5 Å². The predicted octanol–water partition coefficient (Wildman–Crippen LogP) is 5.99. The second-order valence-electron chi connectivity index (χ2n) is 6.86. The number of phenolic OH excluding ortho intramolecular Hbond substituents is 1. The van der Waals surface area contributed by atoms with E-state index in [1.165, 1.54) is 0 Å². The molecule has 0 spiro atoms. The summed E-state index contributed by atoms with van der Waals surface area (Å²) in [6, 6.07) is 20.4. The number of carbonyl (C=O) groups is 2. The highest BCUT2D eigenvalue weighted by atomic mass is 35.5. The van der Waals surface area contributed by atoms with Crippen LogP contribution in [0.4, 0.5) is 4.79 Å². The number of phenols is 1. The first kappa shape index (κ1) is 20.7. The van der Waals surface area contributed by atoms with Crippen LogP contribution in [0.15, 0.2) is 72.8 Å². The predicted molar refractivity (Wildman–Crippen MR) is 124 cm³/mol. The van der Waals surface area contributed by atoms with Crippen molar-refractivity contribution in [3.05, 3.63) is 88.4 Å². The van der Waals surface area contributed by atoms with Crippen LogP contribution < -0.4 is 11.1 Å². The summed E-state index contributed by atoms with van der Waals surface area (Å²) in [4.78, 5) is 24.0. The van der Waals surface area contributed by atoms with Crippen LogP contribution in [-0.2, 0) is 0 Å². The quantitative estimate of drug-likeness (QED) is 0.357. The summed E-state index contributed by atoms with van der Waals surface area (Å²) in [5.41, 5.74) is 7.60. The number of hydrogen-bond acceptors (Lipinski definition) is 3. The number of amides is 3. The van der Waals surface area contributed by atoms with Gasteiger partial charge in [0.2, 0.25) is 0 Å². The molecule has 0 saturated heterocycles. The lowest BCUT2D eigenvalue weighted by Crippen LogP contribution is -2.35. The number of fused-ring (bicyclic) bond motifs is 1. The second-order valence-corrected chi connectivity index (χ2v) is 7.68. The molecule has 0 radical (unpaired) electrons. The Balaban J connectivity index is 2.03. The van der Waals surface area contributed by atoms with E-state index >= 15 is 0 Å². The van der Waals surface area contributed by atoms with Gasteiger partial charge in [-0.05, 0) is 40.6 Å². The minimum absolute atomic E-state index is 0.0723. The molecule has 4 aromatic rings. The van der Waals surface area contributed by atoms with Crippen LogP contribution in [0, 0.1) is 0 Å². The van der Waals surface area contributed by atoms with Gasteiger partial charge in [0.05, 0.1) is 5.56 Å². The van der Waals surface area contributed by atoms with Crippen molar-refractivity contribution in [2.24, 2.45) is 5.73 Å². The second kappa shape index (κ2) is 8.30. The summed E-state index contributed by atoms with van der Waals surface area (Å²) in [5.74, 6) is -1.11. The number of halogens is 2. The molecule has 4 aromatic carbocycles. The summed E-state index contributed by atoms with van der Waals surface area (Å²) in [6.45, 7) is 0. The zero-order chi connectivity index (χ0) is 22.1. The Labute approximate surface area is 188 Å². The van der Waals surface area contributed by atoms with Crippen molar-refractivity contribution in [2.75, 3.05) is 0 Å². The maximum absolute atomic E-state index is 12.7. The first-order valence-electron chi connectivity index (χ1n) is 9.27. The molecule has 3 amide bonds. The van der Waals surface area contributed by atoms with Crippen molar-refractivity contribution in [1.82, 2.24) is 5.32 Å². The lowest BCUT2D eigenvalue weighted by atomic mass is 9.92. The highest BCUT2D eigenvalue weighted by Gasteiger charge is 2.22. The largest absolute Gasteiger partial charge is 0.506 e. The number of hydrogen-bond donors (Lipinski definition) is 3. The molecule has 4 N–H and O–H groups in total. The summed E-state index contributed by atoms with van der Waals surface area (Å²) >= 11 is 12.7. The zero-order valence-corrected chi connectivity index (χ0v) is 17.5. The molecular formula is C24H16Cl2N2O3. The van der Waals surface area contributed by atoms with Crippen LogP contribution in [0.1, 0.15) is 10.4 Å². The molecule has 0 aliphatic carbocycles. The van der Waals surface area contributed by atoms with Crippen LogP contribution in [0.3, 0.4) is 0 Å². The van der Waals surface area contributed by atoms with Crippen LogP contribution in [0.25, 0.3) is 33.0 Å². The Morgan fingerprint density at radius 1 is 0.806 bits per heavy atom. The molecule has 154 valence electrons. The number of imide groups is 1. The van der Waals surface area contributed by atoms with Crippen LogP contribution in [0.2, 0.25) is 10.0 Å². The molecule has 0 aliphatic heterocycles. The van der Waals surface area contributed by atoms with E-state index in [9.17, 15) is 14.7 Å². The average molecular weight is 451 g/mol. The van der Waals surface area contributed by atoms with Crippen molar-refractivity contribution in [2.45, 2.75) is 0 Å². The molecule has 4 rings (SSSR count). The number of rotatable bonds is 3. The van der Waals surface area contributed by atoms with Crippen molar-refractivity contribution in [1.29, 1.82) is 0 Å². The fourth-order valence-corrected chi connectivity index (χ4v) is 4.03. The molecule has 0 atom stereocenters. The summed E-state index contributed by atoms with van der Waals surface area (Å²) < 4.78 is 0. The summed E-state index contributed by atoms with van der Waals surface area (Å²) in [7, 11) is 0. The van der Waals surface area contributed by atoms with Gasteiger partial charge in [-0.15, -0.1) is 0 Å². The lowest BCUT2D eigenvalue weighted by molar-refractivity contribution is 0.0965. The molecule has 0 saturated carbocycles. The number of benzene rings is 4. The first-order valence-corrected chi connectivity index (χ1v) is 10.0. The van der Waals surface area contributed by atoms with E-state index in [1.807, 2.05) is 29.6 Å². The van der Waals surface area contributed by atoms with Gasteiger partial charge in [0.15, 0.2) is 0 Å². The smallest absolute Gasteiger partial charge is 0.319 e. The van der Waals surface area contributed by atoms with E-state index in [4.69, 9.17) is 28.9 Å². The molecule has 0 fully saturated rings. The van der Waals surface area contributed by atoms with Gasteiger partial charge in [-0.25, -0.2) is 4.79 Å². The Bertz CT molecular complexity index is 1350. The Morgan fingerprint density at radius 3 is 2.03 bits per heavy atom. The van der Waals surface area contributed by atoms with Gasteiger partial charge >= 0.3 is 6.03 Å². The van der Waals surface area contributed by atoms with Crippen molar-refractivity contribution in [3.63, 3.8) is 0 Å². The number of aromatic hydroxyl groups is 1. The fraction of sp³-hybridized carbons (Fsp3) is 0. The molecule has 0 aliphatic rings. The summed E-state index contributed by atoms with van der Waals surface area (Å²) in [5, 5.41) is 15.1. The third kappa shape index (κ3) is 3.93. The van der Waals surface area contributed by atoms with Crippen LogP contribution in [-0.4, -0.2) is 17.0 Å². The maximum Gasteiger partial charge on any atom is 0.319 e. The van der Waals surface area contributed by atoms with Gasteiger partial charge in [-0.2, -0.15) is 0 Å². The summed E-state index contributed by atoms with van der Waals surface area (Å²) in [6.07, 6.45) is 0. The number of primary amides is 1. The van der Waals surface area contributed by atoms with Crippen molar-refractivity contribution < 1.29 is 14.7 Å². The van der Waals surface area contributed by atoms with E-state index in [0.29, 0.717) is 31.9 Å². The maximum atomic E-state index is 12.7. The highest BCUT2D eigenvalue weighted by molar-refractivity contribution is 6.34. The number of nitrogens with two attached hydrogens (primary N) is 1. The third-order valence-corrected chi connectivity index (χ3v) is 5.58. The Morgan fingerprint density at radius 2 is 1.42 bits per heavy atom. The van der Waals surface area contributed by atoms with E-state index in [2.05, 4.69) is 0 Å². The molecule has 0 unspecified atom stereocenters. The normalized spacial score (nSPS) is 10.8. The average Bonchev–Trinajstić information content (AvgIpc) is 2.73. The van der Waals surface area contributed by atoms with Crippen LogP contribution in [0.5, 0.6) is 5.75 Å². The van der Waals surface area contributed by atoms with Crippen LogP contribution >= 0.6 is 23.2 Å². The molecule has 5 nitrogen and oxygen atoms in total. The molecule has 0 aromatic heterocycles. The Hall–Kier alpha value is -3.54. The number of carbonyl (C=O) groups excluding carboxylic acids is 2. The third-order valence-electron chi connectivity index (χ3n) is 4.93. The van der Waals surface area contributed by atoms with Gasteiger partial charge in [0.25, 0.3) is 5.91 Å². The van der Waals surface area contributed by atoms with Gasteiger partial charge in [0, 0.05) is 26.7 Å². The molecule has 0 heterocycles. The number of nitrogens with one attached hydrogen (secondary N) is 1. The monoisotopic (exact) mass is 450 g/mol. The molecule has 7 heteroatoms. The van der Waals surface area contributed by atoms with E-state index < -0.39 is 11.9 Å². The molecular weight excluding hydrogens is 435 g/mol. The zero-order valence-electron chi connectivity index (χ0n) is 16.0. The minimum Gasteiger partial charge on any atom is -0.506 e. The standard InChI is InChI=1S/C24H16Cl2N2O3/c25-19-7-3-1-5-15(19)13-9-10-16-14(11-13)12-18(17-6-2-4-8-20(17)26)22(29)21(16)23(30)28-24(27)31/h1-12,29H,(H3,27,28,30,31). The van der Waals surface area contributed by atoms with Gasteiger partial charge < -0.3 is 10.8 Å². The molecule has 0 bridgehead atoms. The van der Waals surface area contributed by atoms with E-state index in [0.717, 1.165) is 11.1 Å². The molecule has 31 heavy (non-hydrogen) atoms. The van der Waals surface area contributed by atoms with E-state index in [-0.39, 0.29) is 11.3 Å². The SMILES string of the molecule is NC(=O)NC(=O)c1c(O)c(-c2ccccc2Cl)cc2cc(-c3ccccc3Cl)ccc12. The highest BCUT2D eigenvalue weighted by Crippen LogP contribution is 2.41. The van der Waals surface area contributed by atoms with Crippen molar-refractivity contribution in [3.8, 4) is 28.0 Å². The van der Waals surface area contributed by atoms with Gasteiger partial charge in [0.1, 0.15) is 5.75 Å². The van der Waals surface area contributed by atoms with Gasteiger partial charge in [-0.1, -0.05) is 71.7 Å². The minimum atomic E-state index is -1.02. The Kier molecular flexibility index (Phi) is 5.55. The fourth-order valence-electron chi connectivity index (χ4n) is 3.55.